The lowest BCUT2D eigenvalue weighted by atomic mass is 10.0. The lowest BCUT2D eigenvalue weighted by Crippen LogP contribution is -2.31. The third-order valence-corrected chi connectivity index (χ3v) is 8.23. The van der Waals surface area contributed by atoms with Crippen molar-refractivity contribution in [1.29, 1.82) is 0 Å². The molecule has 7 nitrogen and oxygen atoms in total. The summed E-state index contributed by atoms with van der Waals surface area (Å²) in [5.41, 5.74) is 6.53. The molecule has 1 N–H and O–H groups in total. The molecule has 0 radical (unpaired) electrons. The minimum atomic E-state index is 0. The molecule has 0 aliphatic heterocycles. The van der Waals surface area contributed by atoms with Crippen LogP contribution in [0.15, 0.2) is 72.8 Å². The second-order valence-corrected chi connectivity index (χ2v) is 10.7. The number of rotatable bonds is 15. The number of aryl methyl sites for hydroxylation is 2. The average Bonchev–Trinajstić information content (AvgIpc) is 3.37. The topological polar surface area (TPSA) is 60.8 Å². The number of aromatic nitrogens is 2. The van der Waals surface area contributed by atoms with Gasteiger partial charge in [0.1, 0.15) is 0 Å². The third kappa shape index (κ3) is 7.12. The zero-order chi connectivity index (χ0) is 30.2. The molecule has 0 saturated carbocycles. The first-order chi connectivity index (χ1) is 21.1. The van der Waals surface area contributed by atoms with Gasteiger partial charge in [-0.15, -0.1) is 12.4 Å². The number of benzene rings is 3. The van der Waals surface area contributed by atoms with Crippen LogP contribution in [0.25, 0.3) is 33.1 Å². The fourth-order valence-electron chi connectivity index (χ4n) is 5.95. The Kier molecular flexibility index (Phi) is 11.9. The second-order valence-electron chi connectivity index (χ2n) is 10.7. The van der Waals surface area contributed by atoms with E-state index < -0.39 is 0 Å². The van der Waals surface area contributed by atoms with Gasteiger partial charge in [-0.3, -0.25) is 0 Å². The fraction of sp³-hybridized carbons (Fsp3) is 0.361. The van der Waals surface area contributed by atoms with Crippen molar-refractivity contribution in [2.45, 2.75) is 39.8 Å². The third-order valence-electron chi connectivity index (χ3n) is 8.23. The highest BCUT2D eigenvalue weighted by Gasteiger charge is 2.21. The second kappa shape index (κ2) is 15.8. The zero-order valence-electron chi connectivity index (χ0n) is 26.6. The van der Waals surface area contributed by atoms with E-state index in [4.69, 9.17) is 19.2 Å². The number of pyridine rings is 1. The van der Waals surface area contributed by atoms with Crippen molar-refractivity contribution in [3.8, 4) is 28.5 Å². The Labute approximate surface area is 267 Å². The van der Waals surface area contributed by atoms with Gasteiger partial charge in [0.05, 0.1) is 38.2 Å². The number of hydrogen-bond donors (Lipinski definition) is 1. The number of halogens is 1. The number of nitrogens with one attached hydrogen (secondary N) is 1. The minimum absolute atomic E-state index is 0. The van der Waals surface area contributed by atoms with Crippen LogP contribution in [0, 0.1) is 0 Å². The lowest BCUT2D eigenvalue weighted by molar-refractivity contribution is 0.302. The molecular formula is C36H45ClN4O3. The summed E-state index contributed by atoms with van der Waals surface area (Å²) in [6.07, 6.45) is 2.03. The summed E-state index contributed by atoms with van der Waals surface area (Å²) >= 11 is 0. The number of ether oxygens (including phenoxy) is 3. The number of nitrogens with zero attached hydrogens (tertiary/aromatic N) is 3. The van der Waals surface area contributed by atoms with Gasteiger partial charge in [0.2, 0.25) is 5.75 Å². The molecule has 234 valence electrons. The number of likely N-dealkylation sites (N-methyl/N-ethyl adjacent to an activating group) is 1. The molecule has 0 aliphatic carbocycles. The Morgan fingerprint density at radius 2 is 1.50 bits per heavy atom. The monoisotopic (exact) mass is 616 g/mol. The van der Waals surface area contributed by atoms with E-state index in [0.717, 1.165) is 68.0 Å². The van der Waals surface area contributed by atoms with Gasteiger partial charge in [0, 0.05) is 48.0 Å². The molecule has 0 atom stereocenters. The Balaban J connectivity index is 0.00000442. The predicted molar refractivity (Wildman–Crippen MR) is 184 cm³/mol. The van der Waals surface area contributed by atoms with E-state index in [1.54, 1.807) is 21.3 Å². The van der Waals surface area contributed by atoms with Crippen molar-refractivity contribution in [1.82, 2.24) is 19.8 Å². The maximum absolute atomic E-state index is 5.75. The van der Waals surface area contributed by atoms with Crippen molar-refractivity contribution < 1.29 is 14.2 Å². The zero-order valence-corrected chi connectivity index (χ0v) is 27.4. The van der Waals surface area contributed by atoms with Crippen molar-refractivity contribution in [3.05, 3.63) is 84.1 Å². The first kappa shape index (κ1) is 33.1. The Bertz CT molecular complexity index is 1630. The molecule has 0 unspecified atom stereocenters. The number of methoxy groups -OCH3 is 3. The van der Waals surface area contributed by atoms with Gasteiger partial charge in [0.15, 0.2) is 11.5 Å². The fourth-order valence-corrected chi connectivity index (χ4v) is 5.95. The summed E-state index contributed by atoms with van der Waals surface area (Å²) < 4.78 is 19.6. The number of fused-ring (bicyclic) bond motifs is 3. The van der Waals surface area contributed by atoms with Crippen LogP contribution in [0.3, 0.4) is 0 Å². The Morgan fingerprint density at radius 1 is 0.818 bits per heavy atom. The van der Waals surface area contributed by atoms with Crippen LogP contribution in [-0.4, -0.2) is 62.0 Å². The van der Waals surface area contributed by atoms with Crippen molar-refractivity contribution in [2.24, 2.45) is 0 Å². The summed E-state index contributed by atoms with van der Waals surface area (Å²) in [5, 5.41) is 6.07. The summed E-state index contributed by atoms with van der Waals surface area (Å²) in [6, 6.07) is 25.7. The van der Waals surface area contributed by atoms with Crippen LogP contribution in [0.1, 0.15) is 31.5 Å². The molecule has 0 fully saturated rings. The molecule has 44 heavy (non-hydrogen) atoms. The van der Waals surface area contributed by atoms with Crippen LogP contribution in [0.5, 0.6) is 17.2 Å². The molecule has 0 saturated heterocycles. The van der Waals surface area contributed by atoms with E-state index in [1.807, 2.05) is 12.1 Å². The normalized spacial score (nSPS) is 11.2. The smallest absolute Gasteiger partial charge is 0.203 e. The van der Waals surface area contributed by atoms with Gasteiger partial charge in [0.25, 0.3) is 0 Å². The van der Waals surface area contributed by atoms with Gasteiger partial charge in [-0.05, 0) is 55.8 Å². The molecule has 3 aromatic carbocycles. The summed E-state index contributed by atoms with van der Waals surface area (Å²) in [6.45, 7) is 9.99. The van der Waals surface area contributed by atoms with E-state index in [0.29, 0.717) is 23.8 Å². The number of hydrogen-bond acceptors (Lipinski definition) is 6. The highest BCUT2D eigenvalue weighted by atomic mass is 35.5. The highest BCUT2D eigenvalue weighted by Crippen LogP contribution is 2.43. The van der Waals surface area contributed by atoms with Gasteiger partial charge < -0.3 is 29.0 Å². The molecule has 5 aromatic rings. The van der Waals surface area contributed by atoms with E-state index >= 15 is 0 Å². The predicted octanol–water partition coefficient (Wildman–Crippen LogP) is 7.37. The molecular weight excluding hydrogens is 572 g/mol. The van der Waals surface area contributed by atoms with E-state index in [1.165, 1.54) is 21.9 Å². The molecule has 8 heteroatoms. The Morgan fingerprint density at radius 3 is 2.16 bits per heavy atom. The SMILES string of the molecule is CCN(CC)CCNCc1cc2c3ccccc3n(CCCc3ccccc3)c2c(-c2cc(OC)c(OC)c(OC)c2)n1.Cl. The van der Waals surface area contributed by atoms with Crippen molar-refractivity contribution in [3.63, 3.8) is 0 Å². The average molecular weight is 617 g/mol. The van der Waals surface area contributed by atoms with Crippen LogP contribution in [0.2, 0.25) is 0 Å². The largest absolute Gasteiger partial charge is 0.493 e. The van der Waals surface area contributed by atoms with E-state index in [9.17, 15) is 0 Å². The maximum Gasteiger partial charge on any atom is 0.203 e. The van der Waals surface area contributed by atoms with Crippen molar-refractivity contribution in [2.75, 3.05) is 47.5 Å². The molecule has 2 heterocycles. The van der Waals surface area contributed by atoms with E-state index in [-0.39, 0.29) is 12.4 Å². The number of para-hydroxylation sites is 1. The molecule has 0 aliphatic rings. The molecule has 0 amide bonds. The summed E-state index contributed by atoms with van der Waals surface area (Å²) in [5.74, 6) is 1.80. The van der Waals surface area contributed by atoms with Gasteiger partial charge >= 0.3 is 0 Å². The quantitative estimate of drug-likeness (QED) is 0.124. The Hall–Kier alpha value is -3.78. The molecule has 5 rings (SSSR count). The van der Waals surface area contributed by atoms with Crippen LogP contribution >= 0.6 is 12.4 Å². The maximum atomic E-state index is 5.75. The molecule has 2 aromatic heterocycles. The molecule has 0 bridgehead atoms. The van der Waals surface area contributed by atoms with Gasteiger partial charge in [-0.2, -0.15) is 0 Å². The van der Waals surface area contributed by atoms with Gasteiger partial charge in [-0.25, -0.2) is 4.98 Å². The molecule has 0 spiro atoms. The minimum Gasteiger partial charge on any atom is -0.493 e. The lowest BCUT2D eigenvalue weighted by Gasteiger charge is -2.18. The van der Waals surface area contributed by atoms with Crippen LogP contribution in [-0.2, 0) is 19.5 Å². The van der Waals surface area contributed by atoms with Crippen LogP contribution in [0.4, 0.5) is 0 Å². The standard InChI is InChI=1S/C36H44N4O3.ClH/c1-6-39(7-2)21-19-37-25-28-24-30-29-17-11-12-18-31(29)40(20-13-16-26-14-9-8-10-15-26)35(30)34(38-28)27-22-32(41-3)36(43-5)33(23-27)42-4;/h8-12,14-15,17-18,22-24,37H,6-7,13,16,19-21,25H2,1-5H3;1H. The first-order valence-corrected chi connectivity index (χ1v) is 15.3. The summed E-state index contributed by atoms with van der Waals surface area (Å²) in [4.78, 5) is 7.73. The van der Waals surface area contributed by atoms with Crippen molar-refractivity contribution >= 4 is 34.2 Å². The van der Waals surface area contributed by atoms with Gasteiger partial charge in [-0.1, -0.05) is 62.4 Å². The highest BCUT2D eigenvalue weighted by molar-refractivity contribution is 6.12. The first-order valence-electron chi connectivity index (χ1n) is 15.3. The summed E-state index contributed by atoms with van der Waals surface area (Å²) in [7, 11) is 4.94. The van der Waals surface area contributed by atoms with E-state index in [2.05, 4.69) is 89.3 Å². The van der Waals surface area contributed by atoms with Crippen LogP contribution < -0.4 is 19.5 Å².